The van der Waals surface area contributed by atoms with Crippen LogP contribution in [-0.4, -0.2) is 6.54 Å². The molecule has 0 spiro atoms. The highest BCUT2D eigenvalue weighted by Crippen LogP contribution is 2.44. The van der Waals surface area contributed by atoms with Crippen molar-refractivity contribution in [3.63, 3.8) is 0 Å². The fourth-order valence-electron chi connectivity index (χ4n) is 1.55. The molecule has 3 heteroatoms. The third-order valence-corrected chi connectivity index (χ3v) is 3.57. The molecule has 0 saturated heterocycles. The second-order valence-electron chi connectivity index (χ2n) is 4.65. The summed E-state index contributed by atoms with van der Waals surface area (Å²) in [5.41, 5.74) is 1.66. The zero-order chi connectivity index (χ0) is 10.9. The van der Waals surface area contributed by atoms with Crippen LogP contribution in [0.25, 0.3) is 0 Å². The predicted molar refractivity (Wildman–Crippen MR) is 65.5 cm³/mol. The predicted octanol–water partition coefficient (Wildman–Crippen LogP) is 3.88. The number of hydrogen-bond acceptors (Lipinski definition) is 1. The van der Waals surface area contributed by atoms with Crippen LogP contribution in [0, 0.1) is 5.41 Å². The zero-order valence-corrected chi connectivity index (χ0v) is 10.3. The van der Waals surface area contributed by atoms with Crippen LogP contribution in [0.2, 0.25) is 10.0 Å². The van der Waals surface area contributed by atoms with E-state index in [0.29, 0.717) is 10.4 Å². The van der Waals surface area contributed by atoms with Crippen molar-refractivity contribution >= 4 is 23.2 Å². The van der Waals surface area contributed by atoms with Gasteiger partial charge in [0.05, 0.1) is 0 Å². The summed E-state index contributed by atoms with van der Waals surface area (Å²) in [6.07, 6.45) is 2.68. The van der Waals surface area contributed by atoms with Crippen molar-refractivity contribution in [2.45, 2.75) is 26.3 Å². The minimum absolute atomic E-state index is 0.541. The molecule has 1 nitrogen and oxygen atoms in total. The Labute approximate surface area is 101 Å². The average Bonchev–Trinajstić information content (AvgIpc) is 2.88. The Morgan fingerprint density at radius 3 is 2.67 bits per heavy atom. The third-order valence-electron chi connectivity index (χ3n) is 2.99. The minimum Gasteiger partial charge on any atom is -0.312 e. The van der Waals surface area contributed by atoms with E-state index in [2.05, 4.69) is 12.2 Å². The molecule has 0 aliphatic heterocycles. The highest BCUT2D eigenvalue weighted by atomic mass is 35.5. The molecule has 1 aromatic carbocycles. The molecule has 1 fully saturated rings. The fourth-order valence-corrected chi connectivity index (χ4v) is 2.03. The fraction of sp³-hybridized carbons (Fsp3) is 0.500. The Bertz CT molecular complexity index is 359. The Morgan fingerprint density at radius 2 is 2.07 bits per heavy atom. The summed E-state index contributed by atoms with van der Waals surface area (Å²) in [6, 6.07) is 5.65. The monoisotopic (exact) mass is 243 g/mol. The lowest BCUT2D eigenvalue weighted by molar-refractivity contribution is 0.499. The first-order valence-electron chi connectivity index (χ1n) is 5.24. The summed E-state index contributed by atoms with van der Waals surface area (Å²) >= 11 is 11.9. The maximum Gasteiger partial charge on any atom is 0.0465 e. The normalized spacial score (nSPS) is 17.8. The molecule has 0 bridgehead atoms. The first kappa shape index (κ1) is 11.3. The topological polar surface area (TPSA) is 12.0 Å². The van der Waals surface area contributed by atoms with Crippen molar-refractivity contribution in [3.05, 3.63) is 33.8 Å². The standard InChI is InChI=1S/C12H15Cl2N/c1-12(4-5-12)8-15-7-9-2-3-10(13)6-11(9)14/h2-3,6,15H,4-5,7-8H2,1H3. The first-order valence-corrected chi connectivity index (χ1v) is 5.99. The molecule has 1 N–H and O–H groups in total. The van der Waals surface area contributed by atoms with E-state index in [1.54, 1.807) is 6.07 Å². The quantitative estimate of drug-likeness (QED) is 0.847. The van der Waals surface area contributed by atoms with Gasteiger partial charge in [-0.2, -0.15) is 0 Å². The highest BCUT2D eigenvalue weighted by molar-refractivity contribution is 6.35. The van der Waals surface area contributed by atoms with Crippen molar-refractivity contribution in [1.82, 2.24) is 5.32 Å². The van der Waals surface area contributed by atoms with E-state index in [9.17, 15) is 0 Å². The van der Waals surface area contributed by atoms with Crippen LogP contribution < -0.4 is 5.32 Å². The molecule has 0 atom stereocenters. The molecule has 15 heavy (non-hydrogen) atoms. The van der Waals surface area contributed by atoms with E-state index in [1.165, 1.54) is 12.8 Å². The molecule has 1 saturated carbocycles. The molecule has 82 valence electrons. The van der Waals surface area contributed by atoms with Crippen LogP contribution in [0.4, 0.5) is 0 Å². The van der Waals surface area contributed by atoms with Crippen molar-refractivity contribution in [3.8, 4) is 0 Å². The molecule has 1 aromatic rings. The van der Waals surface area contributed by atoms with E-state index >= 15 is 0 Å². The van der Waals surface area contributed by atoms with Crippen LogP contribution in [0.5, 0.6) is 0 Å². The van der Waals surface area contributed by atoms with Crippen LogP contribution in [0.15, 0.2) is 18.2 Å². The lowest BCUT2D eigenvalue weighted by Crippen LogP contribution is -2.21. The molecule has 0 amide bonds. The minimum atomic E-state index is 0.541. The largest absolute Gasteiger partial charge is 0.312 e. The van der Waals surface area contributed by atoms with E-state index < -0.39 is 0 Å². The Balaban J connectivity index is 1.87. The summed E-state index contributed by atoms with van der Waals surface area (Å²) < 4.78 is 0. The van der Waals surface area contributed by atoms with Gasteiger partial charge in [0.1, 0.15) is 0 Å². The average molecular weight is 244 g/mol. The van der Waals surface area contributed by atoms with Crippen LogP contribution in [0.1, 0.15) is 25.3 Å². The summed E-state index contributed by atoms with van der Waals surface area (Å²) in [7, 11) is 0. The molecular formula is C12H15Cl2N. The lowest BCUT2D eigenvalue weighted by Gasteiger charge is -2.10. The Morgan fingerprint density at radius 1 is 1.33 bits per heavy atom. The van der Waals surface area contributed by atoms with E-state index in [4.69, 9.17) is 23.2 Å². The SMILES string of the molecule is CC1(CNCc2ccc(Cl)cc2Cl)CC1. The molecular weight excluding hydrogens is 229 g/mol. The first-order chi connectivity index (χ1) is 7.09. The second kappa shape index (κ2) is 4.32. The van der Waals surface area contributed by atoms with Crippen molar-refractivity contribution in [2.24, 2.45) is 5.41 Å². The van der Waals surface area contributed by atoms with Gasteiger partial charge < -0.3 is 5.32 Å². The third kappa shape index (κ3) is 3.10. The maximum absolute atomic E-state index is 6.07. The smallest absolute Gasteiger partial charge is 0.0465 e. The van der Waals surface area contributed by atoms with Crippen LogP contribution in [-0.2, 0) is 6.54 Å². The molecule has 0 aromatic heterocycles. The number of halogens is 2. The van der Waals surface area contributed by atoms with Gasteiger partial charge >= 0.3 is 0 Å². The van der Waals surface area contributed by atoms with Crippen LogP contribution in [0.3, 0.4) is 0 Å². The molecule has 0 heterocycles. The van der Waals surface area contributed by atoms with Gasteiger partial charge in [-0.3, -0.25) is 0 Å². The maximum atomic E-state index is 6.07. The van der Waals surface area contributed by atoms with Crippen molar-refractivity contribution < 1.29 is 0 Å². The molecule has 1 aliphatic rings. The molecule has 0 radical (unpaired) electrons. The van der Waals surface area contributed by atoms with Crippen molar-refractivity contribution in [1.29, 1.82) is 0 Å². The van der Waals surface area contributed by atoms with Crippen molar-refractivity contribution in [2.75, 3.05) is 6.54 Å². The number of nitrogens with one attached hydrogen (secondary N) is 1. The number of rotatable bonds is 4. The lowest BCUT2D eigenvalue weighted by atomic mass is 10.1. The van der Waals surface area contributed by atoms with Gasteiger partial charge in [0, 0.05) is 23.1 Å². The summed E-state index contributed by atoms with van der Waals surface area (Å²) in [6.45, 7) is 4.21. The van der Waals surface area contributed by atoms with Gasteiger partial charge in [-0.05, 0) is 36.0 Å². The van der Waals surface area contributed by atoms with Gasteiger partial charge in [-0.15, -0.1) is 0 Å². The summed E-state index contributed by atoms with van der Waals surface area (Å²) in [5.74, 6) is 0. The zero-order valence-electron chi connectivity index (χ0n) is 8.82. The molecule has 1 aliphatic carbocycles. The van der Waals surface area contributed by atoms with Crippen LogP contribution >= 0.6 is 23.2 Å². The number of benzene rings is 1. The highest BCUT2D eigenvalue weighted by Gasteiger charge is 2.36. The van der Waals surface area contributed by atoms with E-state index in [1.807, 2.05) is 12.1 Å². The second-order valence-corrected chi connectivity index (χ2v) is 5.49. The Kier molecular flexibility index (Phi) is 3.24. The number of hydrogen-bond donors (Lipinski definition) is 1. The van der Waals surface area contributed by atoms with Gasteiger partial charge in [-0.25, -0.2) is 0 Å². The van der Waals surface area contributed by atoms with E-state index in [-0.39, 0.29) is 0 Å². The van der Waals surface area contributed by atoms with Gasteiger partial charge in [0.25, 0.3) is 0 Å². The van der Waals surface area contributed by atoms with Gasteiger partial charge in [-0.1, -0.05) is 36.2 Å². The Hall–Kier alpha value is -0.240. The van der Waals surface area contributed by atoms with Gasteiger partial charge in [0.15, 0.2) is 0 Å². The molecule has 0 unspecified atom stereocenters. The van der Waals surface area contributed by atoms with E-state index in [0.717, 1.165) is 23.7 Å². The summed E-state index contributed by atoms with van der Waals surface area (Å²) in [5, 5.41) is 4.88. The van der Waals surface area contributed by atoms with Gasteiger partial charge in [0.2, 0.25) is 0 Å². The molecule has 2 rings (SSSR count). The summed E-state index contributed by atoms with van der Waals surface area (Å²) in [4.78, 5) is 0.